The van der Waals surface area contributed by atoms with Crippen molar-refractivity contribution in [1.82, 2.24) is 10.1 Å². The average Bonchev–Trinajstić information content (AvgIpc) is 3.61. The number of carbonyl (C=O) groups excluding carboxylic acids is 1. The predicted octanol–water partition coefficient (Wildman–Crippen LogP) is 3.11. The predicted molar refractivity (Wildman–Crippen MR) is 117 cm³/mol. The number of aromatic nitrogens is 2. The fourth-order valence-electron chi connectivity index (χ4n) is 5.51. The van der Waals surface area contributed by atoms with Gasteiger partial charge in [-0.05, 0) is 56.7 Å². The molecule has 9 nitrogen and oxygen atoms in total. The smallest absolute Gasteiger partial charge is 0.254 e. The molecule has 3 aliphatic heterocycles. The van der Waals surface area contributed by atoms with Gasteiger partial charge in [0.05, 0.1) is 30.4 Å². The number of amides is 1. The quantitative estimate of drug-likeness (QED) is 0.684. The fraction of sp³-hybridized carbons (Fsp3) is 0.565. The Kier molecular flexibility index (Phi) is 4.95. The summed E-state index contributed by atoms with van der Waals surface area (Å²) in [5.74, 6) is 0.210. The number of hydrogen-bond acceptors (Lipinski definition) is 8. The van der Waals surface area contributed by atoms with Gasteiger partial charge in [0.1, 0.15) is 17.5 Å². The Morgan fingerprint density at radius 2 is 2.09 bits per heavy atom. The van der Waals surface area contributed by atoms with Crippen LogP contribution < -0.4 is 9.80 Å². The molecule has 174 valence electrons. The van der Waals surface area contributed by atoms with E-state index in [-0.39, 0.29) is 17.9 Å². The molecule has 0 spiro atoms. The molecule has 0 bridgehead atoms. The van der Waals surface area contributed by atoms with Gasteiger partial charge < -0.3 is 23.8 Å². The summed E-state index contributed by atoms with van der Waals surface area (Å²) in [5, 5.41) is 4.21. The lowest BCUT2D eigenvalue weighted by Crippen LogP contribution is -2.54. The summed E-state index contributed by atoms with van der Waals surface area (Å²) in [6.07, 6.45) is 7.11. The molecule has 4 heterocycles. The van der Waals surface area contributed by atoms with Gasteiger partial charge >= 0.3 is 0 Å². The molecular formula is C23H26FN5O4. The van der Waals surface area contributed by atoms with Crippen LogP contribution in [0.3, 0.4) is 0 Å². The van der Waals surface area contributed by atoms with Crippen LogP contribution in [0.25, 0.3) is 0 Å². The third-order valence-electron chi connectivity index (χ3n) is 7.29. The van der Waals surface area contributed by atoms with Crippen molar-refractivity contribution in [3.05, 3.63) is 35.7 Å². The minimum atomic E-state index is -0.681. The monoisotopic (exact) mass is 455 g/mol. The number of benzene rings is 1. The van der Waals surface area contributed by atoms with E-state index in [1.165, 1.54) is 12.1 Å². The Bertz CT molecular complexity index is 1090. The molecule has 33 heavy (non-hydrogen) atoms. The molecule has 1 saturated heterocycles. The molecule has 3 atom stereocenters. The first-order valence-corrected chi connectivity index (χ1v) is 11.5. The van der Waals surface area contributed by atoms with E-state index < -0.39 is 23.5 Å². The van der Waals surface area contributed by atoms with Crippen LogP contribution in [0.15, 0.2) is 27.7 Å². The first-order chi connectivity index (χ1) is 16.1. The number of hydrogen-bond donors (Lipinski definition) is 0. The highest BCUT2D eigenvalue weighted by Gasteiger charge is 2.49. The molecule has 1 aliphatic carbocycles. The van der Waals surface area contributed by atoms with Gasteiger partial charge in [0, 0.05) is 13.7 Å². The van der Waals surface area contributed by atoms with Crippen LogP contribution in [-0.4, -0.2) is 54.8 Å². The summed E-state index contributed by atoms with van der Waals surface area (Å²) in [7, 11) is 1.67. The van der Waals surface area contributed by atoms with Crippen molar-refractivity contribution in [3.63, 3.8) is 0 Å². The van der Waals surface area contributed by atoms with Crippen LogP contribution in [0.2, 0.25) is 0 Å². The number of carbonyl (C=O) groups is 1. The van der Waals surface area contributed by atoms with E-state index in [4.69, 9.17) is 14.0 Å². The highest BCUT2D eigenvalue weighted by Crippen LogP contribution is 2.44. The Morgan fingerprint density at radius 1 is 1.24 bits per heavy atom. The molecule has 2 aromatic rings. The van der Waals surface area contributed by atoms with E-state index in [0.717, 1.165) is 38.5 Å². The summed E-state index contributed by atoms with van der Waals surface area (Å²) in [4.78, 5) is 26.4. The number of anilines is 2. The van der Waals surface area contributed by atoms with Crippen molar-refractivity contribution >= 4 is 23.6 Å². The van der Waals surface area contributed by atoms with E-state index >= 15 is 0 Å². The van der Waals surface area contributed by atoms with Crippen LogP contribution in [0.4, 0.5) is 15.8 Å². The lowest BCUT2D eigenvalue weighted by Gasteiger charge is -2.39. The molecule has 0 radical (unpaired) electrons. The van der Waals surface area contributed by atoms with Crippen LogP contribution in [0.1, 0.15) is 56.3 Å². The zero-order chi connectivity index (χ0) is 22.6. The molecule has 1 saturated carbocycles. The largest absolute Gasteiger partial charge is 0.376 e. The first-order valence-electron chi connectivity index (χ1n) is 11.5. The topological polar surface area (TPSA) is 93.3 Å². The molecule has 6 rings (SSSR count). The molecule has 1 amide bonds. The second-order valence-corrected chi connectivity index (χ2v) is 9.14. The lowest BCUT2D eigenvalue weighted by molar-refractivity contribution is -0.120. The van der Waals surface area contributed by atoms with Crippen molar-refractivity contribution in [3.8, 4) is 0 Å². The fourth-order valence-corrected chi connectivity index (χ4v) is 5.51. The maximum atomic E-state index is 14.1. The maximum absolute atomic E-state index is 14.1. The van der Waals surface area contributed by atoms with E-state index in [1.54, 1.807) is 29.3 Å². The van der Waals surface area contributed by atoms with Crippen LogP contribution in [0, 0.1) is 5.82 Å². The molecule has 0 N–H and O–H groups in total. The second-order valence-electron chi connectivity index (χ2n) is 9.14. The molecule has 2 fully saturated rings. The number of aliphatic imine (C=N–C) groups is 1. The van der Waals surface area contributed by atoms with Crippen molar-refractivity contribution in [2.45, 2.75) is 62.3 Å². The van der Waals surface area contributed by atoms with Crippen LogP contribution in [0.5, 0.6) is 0 Å². The Balaban J connectivity index is 1.35. The molecule has 4 aliphatic rings. The van der Waals surface area contributed by atoms with Crippen molar-refractivity contribution in [1.29, 1.82) is 0 Å². The molecule has 1 aromatic heterocycles. The average molecular weight is 455 g/mol. The maximum Gasteiger partial charge on any atom is 0.254 e. The van der Waals surface area contributed by atoms with Crippen molar-refractivity contribution in [2.24, 2.45) is 4.99 Å². The third kappa shape index (κ3) is 3.26. The molecular weight excluding hydrogens is 429 g/mol. The Labute approximate surface area is 190 Å². The van der Waals surface area contributed by atoms with Gasteiger partial charge in [-0.3, -0.25) is 9.79 Å². The third-order valence-corrected chi connectivity index (χ3v) is 7.29. The van der Waals surface area contributed by atoms with Crippen LogP contribution in [-0.2, 0) is 19.9 Å². The van der Waals surface area contributed by atoms with E-state index in [2.05, 4.69) is 15.1 Å². The summed E-state index contributed by atoms with van der Waals surface area (Å²) in [6, 6.07) is 3.13. The summed E-state index contributed by atoms with van der Waals surface area (Å²) in [5.41, 5.74) is 0.694. The van der Waals surface area contributed by atoms with Gasteiger partial charge in [-0.15, -0.1) is 0 Å². The highest BCUT2D eigenvalue weighted by molar-refractivity contribution is 6.11. The minimum Gasteiger partial charge on any atom is -0.376 e. The zero-order valence-corrected chi connectivity index (χ0v) is 18.4. The van der Waals surface area contributed by atoms with Crippen molar-refractivity contribution < 1.29 is 23.2 Å². The van der Waals surface area contributed by atoms with Gasteiger partial charge in [-0.1, -0.05) is 5.16 Å². The van der Waals surface area contributed by atoms with Gasteiger partial charge in [-0.2, -0.15) is 4.98 Å². The van der Waals surface area contributed by atoms with Gasteiger partial charge in [0.15, 0.2) is 6.04 Å². The highest BCUT2D eigenvalue weighted by atomic mass is 19.1. The van der Waals surface area contributed by atoms with Gasteiger partial charge in [-0.25, -0.2) is 4.39 Å². The second kappa shape index (κ2) is 7.88. The van der Waals surface area contributed by atoms with Gasteiger partial charge in [0.2, 0.25) is 5.82 Å². The van der Waals surface area contributed by atoms with E-state index in [9.17, 15) is 9.18 Å². The Morgan fingerprint density at radius 3 is 2.85 bits per heavy atom. The molecule has 3 unspecified atom stereocenters. The normalized spacial score (nSPS) is 27.9. The van der Waals surface area contributed by atoms with E-state index in [1.807, 2.05) is 0 Å². The number of halogens is 1. The number of fused-ring (bicyclic) bond motifs is 3. The molecule has 10 heteroatoms. The minimum absolute atomic E-state index is 0.0728. The molecule has 1 aromatic carbocycles. The SMILES string of the molecule is COC1(c2noc(C3N=CN4c5ccc(F)cc5N(CC5CCCO5)C(=O)C34)n2)CCCC1. The van der Waals surface area contributed by atoms with Gasteiger partial charge in [0.25, 0.3) is 11.8 Å². The lowest BCUT2D eigenvalue weighted by atomic mass is 10.00. The number of ether oxygens (including phenoxy) is 2. The summed E-state index contributed by atoms with van der Waals surface area (Å²) < 4.78 is 31.3. The standard InChI is InChI=1S/C23H26FN5O4/c1-31-23(8-2-3-9-23)22-26-20(33-27-22)18-19-21(30)28(12-15-5-4-10-32-15)17-11-14(24)6-7-16(17)29(19)13-25-18/h6-7,11,13,15,18-19H,2-5,8-10,12H2,1H3. The van der Waals surface area contributed by atoms with E-state index in [0.29, 0.717) is 30.4 Å². The van der Waals surface area contributed by atoms with Crippen LogP contribution >= 0.6 is 0 Å². The van der Waals surface area contributed by atoms with Crippen molar-refractivity contribution in [2.75, 3.05) is 30.1 Å². The summed E-state index contributed by atoms with van der Waals surface area (Å²) >= 11 is 0. The zero-order valence-electron chi connectivity index (χ0n) is 18.4. The number of nitrogens with zero attached hydrogens (tertiary/aromatic N) is 5. The Hall–Kier alpha value is -2.85. The number of rotatable bonds is 5. The first kappa shape index (κ1) is 20.7. The number of methoxy groups -OCH3 is 1. The summed E-state index contributed by atoms with van der Waals surface area (Å²) in [6.45, 7) is 1.05.